The van der Waals surface area contributed by atoms with Gasteiger partial charge in [-0.05, 0) is 30.5 Å². The lowest BCUT2D eigenvalue weighted by molar-refractivity contribution is -0.116. The highest BCUT2D eigenvalue weighted by atomic mass is 16.5. The Hall–Kier alpha value is -2.94. The number of aromatic nitrogens is 2. The van der Waals surface area contributed by atoms with Crippen LogP contribution in [0.2, 0.25) is 0 Å². The topological polar surface area (TPSA) is 104 Å². The van der Waals surface area contributed by atoms with Crippen molar-refractivity contribution >= 4 is 11.7 Å². The number of ether oxygens (including phenoxy) is 4. The largest absolute Gasteiger partial charge is 0.493 e. The van der Waals surface area contributed by atoms with Crippen molar-refractivity contribution in [3.05, 3.63) is 33.6 Å². The minimum absolute atomic E-state index is 0.0826. The summed E-state index contributed by atoms with van der Waals surface area (Å²) >= 11 is 0. The molecule has 0 spiro atoms. The number of H-pyrrole nitrogens is 1. The molecule has 2 N–H and O–H groups in total. The first-order valence-electron chi connectivity index (χ1n) is 9.59. The molecule has 9 heteroatoms. The van der Waals surface area contributed by atoms with Crippen molar-refractivity contribution in [3.8, 4) is 17.2 Å². The second-order valence-corrected chi connectivity index (χ2v) is 7.18. The Morgan fingerprint density at radius 1 is 1.03 bits per heavy atom. The van der Waals surface area contributed by atoms with Gasteiger partial charge in [-0.3, -0.25) is 19.4 Å². The van der Waals surface area contributed by atoms with Gasteiger partial charge in [0.1, 0.15) is 5.82 Å². The van der Waals surface area contributed by atoms with E-state index in [1.54, 1.807) is 16.8 Å². The second kappa shape index (κ2) is 7.82. The Labute approximate surface area is 167 Å². The number of benzene rings is 1. The van der Waals surface area contributed by atoms with E-state index in [0.29, 0.717) is 41.8 Å². The summed E-state index contributed by atoms with van der Waals surface area (Å²) in [6, 6.07) is 3.67. The first-order chi connectivity index (χ1) is 14.1. The summed E-state index contributed by atoms with van der Waals surface area (Å²) in [6.07, 6.45) is 1.72. The highest BCUT2D eigenvalue weighted by Crippen LogP contribution is 2.44. The molecule has 0 aliphatic carbocycles. The SMILES string of the molecule is COc1cc([C@@H]2CC(=O)Nc3c2c(=O)[nH]n3C2CCOCC2)cc(OC)c1OC. The zero-order valence-electron chi connectivity index (χ0n) is 16.7. The third-order valence-electron chi connectivity index (χ3n) is 5.60. The third kappa shape index (κ3) is 3.35. The average Bonchev–Trinajstić information content (AvgIpc) is 3.08. The van der Waals surface area contributed by atoms with Gasteiger partial charge < -0.3 is 24.3 Å². The molecule has 3 heterocycles. The van der Waals surface area contributed by atoms with Crippen LogP contribution < -0.4 is 25.1 Å². The number of nitrogens with one attached hydrogen (secondary N) is 2. The number of anilines is 1. The number of carbonyl (C=O) groups excluding carboxylic acids is 1. The van der Waals surface area contributed by atoms with Crippen molar-refractivity contribution in [1.29, 1.82) is 0 Å². The maximum atomic E-state index is 12.9. The van der Waals surface area contributed by atoms with Gasteiger partial charge in [-0.2, -0.15) is 0 Å². The molecule has 29 heavy (non-hydrogen) atoms. The van der Waals surface area contributed by atoms with Gasteiger partial charge in [-0.1, -0.05) is 0 Å². The number of amides is 1. The summed E-state index contributed by atoms with van der Waals surface area (Å²) in [4.78, 5) is 25.4. The van der Waals surface area contributed by atoms with Crippen LogP contribution in [0.15, 0.2) is 16.9 Å². The highest BCUT2D eigenvalue weighted by molar-refractivity contribution is 5.94. The molecule has 0 unspecified atom stereocenters. The highest BCUT2D eigenvalue weighted by Gasteiger charge is 2.35. The molecule has 2 aliphatic heterocycles. The van der Waals surface area contributed by atoms with Crippen LogP contribution in [0.4, 0.5) is 5.82 Å². The fraction of sp³-hybridized carbons (Fsp3) is 0.500. The predicted octanol–water partition coefficient (Wildman–Crippen LogP) is 2.03. The quantitative estimate of drug-likeness (QED) is 0.792. The number of rotatable bonds is 5. The van der Waals surface area contributed by atoms with Crippen molar-refractivity contribution in [3.63, 3.8) is 0 Å². The molecule has 2 aliphatic rings. The zero-order chi connectivity index (χ0) is 20.5. The van der Waals surface area contributed by atoms with Crippen molar-refractivity contribution in [2.75, 3.05) is 39.9 Å². The van der Waals surface area contributed by atoms with E-state index >= 15 is 0 Å². The van der Waals surface area contributed by atoms with Crippen molar-refractivity contribution in [1.82, 2.24) is 9.78 Å². The second-order valence-electron chi connectivity index (χ2n) is 7.18. The smallest absolute Gasteiger partial charge is 0.270 e. The number of nitrogens with zero attached hydrogens (tertiary/aromatic N) is 1. The van der Waals surface area contributed by atoms with Crippen molar-refractivity contribution in [2.45, 2.75) is 31.2 Å². The minimum Gasteiger partial charge on any atom is -0.493 e. The molecular formula is C20H25N3O6. The first-order valence-corrected chi connectivity index (χ1v) is 9.59. The number of methoxy groups -OCH3 is 3. The van der Waals surface area contributed by atoms with Gasteiger partial charge in [-0.15, -0.1) is 0 Å². The lowest BCUT2D eigenvalue weighted by Crippen LogP contribution is -2.28. The Morgan fingerprint density at radius 3 is 2.28 bits per heavy atom. The van der Waals surface area contributed by atoms with Gasteiger partial charge in [0.25, 0.3) is 5.56 Å². The summed E-state index contributed by atoms with van der Waals surface area (Å²) in [5, 5.41) is 5.82. The van der Waals surface area contributed by atoms with Gasteiger partial charge in [0.05, 0.1) is 32.9 Å². The molecule has 1 aromatic carbocycles. The average molecular weight is 403 g/mol. The van der Waals surface area contributed by atoms with Crippen LogP contribution in [-0.4, -0.2) is 50.2 Å². The number of hydrogen-bond acceptors (Lipinski definition) is 6. The third-order valence-corrected chi connectivity index (χ3v) is 5.60. The van der Waals surface area contributed by atoms with Gasteiger partial charge in [0.2, 0.25) is 11.7 Å². The fourth-order valence-electron chi connectivity index (χ4n) is 4.19. The molecule has 1 atom stereocenters. The molecule has 0 radical (unpaired) electrons. The van der Waals surface area contributed by atoms with E-state index in [9.17, 15) is 9.59 Å². The van der Waals surface area contributed by atoms with Gasteiger partial charge in [0.15, 0.2) is 11.5 Å². The molecule has 0 bridgehead atoms. The van der Waals surface area contributed by atoms with E-state index in [1.807, 2.05) is 0 Å². The number of fused-ring (bicyclic) bond motifs is 1. The maximum Gasteiger partial charge on any atom is 0.270 e. The fourth-order valence-corrected chi connectivity index (χ4v) is 4.19. The lowest BCUT2D eigenvalue weighted by Gasteiger charge is -2.28. The number of hydrogen-bond donors (Lipinski definition) is 2. The molecule has 9 nitrogen and oxygen atoms in total. The molecule has 1 amide bonds. The van der Waals surface area contributed by atoms with Crippen LogP contribution in [0.5, 0.6) is 17.2 Å². The van der Waals surface area contributed by atoms with Crippen LogP contribution >= 0.6 is 0 Å². The Morgan fingerprint density at radius 2 is 1.69 bits per heavy atom. The van der Waals surface area contributed by atoms with Crippen molar-refractivity contribution in [2.24, 2.45) is 0 Å². The summed E-state index contributed by atoms with van der Waals surface area (Å²) in [6.45, 7) is 1.26. The summed E-state index contributed by atoms with van der Waals surface area (Å²) in [5.41, 5.74) is 1.10. The molecule has 1 saturated heterocycles. The molecule has 156 valence electrons. The number of aromatic amines is 1. The van der Waals surface area contributed by atoms with E-state index in [1.165, 1.54) is 21.3 Å². The Kier molecular flexibility index (Phi) is 5.23. The zero-order valence-corrected chi connectivity index (χ0v) is 16.7. The molecule has 1 fully saturated rings. The molecule has 4 rings (SSSR count). The van der Waals surface area contributed by atoms with Crippen LogP contribution in [0.3, 0.4) is 0 Å². The van der Waals surface area contributed by atoms with Crippen LogP contribution in [0, 0.1) is 0 Å². The van der Waals surface area contributed by atoms with Crippen LogP contribution in [0.1, 0.15) is 42.3 Å². The van der Waals surface area contributed by atoms with E-state index in [0.717, 1.165) is 18.4 Å². The predicted molar refractivity (Wildman–Crippen MR) is 105 cm³/mol. The normalized spacial score (nSPS) is 19.4. The van der Waals surface area contributed by atoms with E-state index < -0.39 is 5.92 Å². The lowest BCUT2D eigenvalue weighted by atomic mass is 9.86. The minimum atomic E-state index is -0.419. The van der Waals surface area contributed by atoms with Gasteiger partial charge >= 0.3 is 0 Å². The molecule has 1 aromatic heterocycles. The van der Waals surface area contributed by atoms with Gasteiger partial charge in [-0.25, -0.2) is 0 Å². The Bertz CT molecular complexity index is 948. The number of carbonyl (C=O) groups is 1. The standard InChI is InChI=1S/C20H25N3O6/c1-26-14-8-11(9-15(27-2)18(14)28-3)13-10-16(24)21-19-17(13)20(25)22-23(19)12-4-6-29-7-5-12/h8-9,12-13H,4-7,10H2,1-3H3,(H,21,24)(H,22,25)/t13-/m0/s1. The monoisotopic (exact) mass is 403 g/mol. The van der Waals surface area contributed by atoms with E-state index in [-0.39, 0.29) is 23.9 Å². The molecule has 0 saturated carbocycles. The molecular weight excluding hydrogens is 378 g/mol. The molecule has 2 aromatic rings. The van der Waals surface area contributed by atoms with Crippen molar-refractivity contribution < 1.29 is 23.7 Å². The summed E-state index contributed by atoms with van der Waals surface area (Å²) < 4.78 is 23.5. The van der Waals surface area contributed by atoms with E-state index in [4.69, 9.17) is 18.9 Å². The van der Waals surface area contributed by atoms with Crippen LogP contribution in [0.25, 0.3) is 0 Å². The Balaban J connectivity index is 1.83. The summed E-state index contributed by atoms with van der Waals surface area (Å²) in [7, 11) is 4.61. The maximum absolute atomic E-state index is 12.9. The first kappa shape index (κ1) is 19.4. The van der Waals surface area contributed by atoms with Gasteiger partial charge in [0, 0.05) is 25.6 Å². The van der Waals surface area contributed by atoms with Crippen LogP contribution in [-0.2, 0) is 9.53 Å². The van der Waals surface area contributed by atoms with E-state index in [2.05, 4.69) is 10.4 Å². The summed E-state index contributed by atoms with van der Waals surface area (Å²) in [5.74, 6) is 1.41.